The number of aliphatic carboxylic acids is 1. The molecule has 0 saturated carbocycles. The first-order valence-electron chi connectivity index (χ1n) is 11.9. The summed E-state index contributed by atoms with van der Waals surface area (Å²) < 4.78 is 0. The number of anilines is 2. The van der Waals surface area contributed by atoms with Crippen LogP contribution >= 0.6 is 0 Å². The van der Waals surface area contributed by atoms with Gasteiger partial charge in [-0.15, -0.1) is 0 Å². The summed E-state index contributed by atoms with van der Waals surface area (Å²) in [4.78, 5) is 45.7. The Kier molecular flexibility index (Phi) is 5.61. The van der Waals surface area contributed by atoms with E-state index in [9.17, 15) is 9.59 Å². The molecule has 180 valence electrons. The predicted molar refractivity (Wildman–Crippen MR) is 143 cm³/mol. The molecule has 6 rings (SSSR count). The number of carboxylic acids is 1. The molecule has 1 amide bonds. The molecule has 0 atom stereocenters. The van der Waals surface area contributed by atoms with Crippen molar-refractivity contribution in [3.63, 3.8) is 0 Å². The zero-order valence-corrected chi connectivity index (χ0v) is 19.7. The third-order valence-corrected chi connectivity index (χ3v) is 6.21. The van der Waals surface area contributed by atoms with Gasteiger partial charge in [0.25, 0.3) is 0 Å². The molecule has 2 aromatic heterocycles. The lowest BCUT2D eigenvalue weighted by atomic mass is 10.1. The van der Waals surface area contributed by atoms with Gasteiger partial charge in [-0.05, 0) is 55.0 Å². The highest BCUT2D eigenvalue weighted by molar-refractivity contribution is 6.12. The molecular formula is C29H21N5O3. The SMILES string of the molecule is O=C(O)CCCC(=O)N(c1cccc2nc3ccccc3nc12)c1cccc2nc3ccccc3nc12. The molecule has 8 nitrogen and oxygen atoms in total. The average Bonchev–Trinajstić information content (AvgIpc) is 2.91. The molecule has 6 aromatic rings. The van der Waals surface area contributed by atoms with Crippen molar-refractivity contribution in [2.24, 2.45) is 0 Å². The van der Waals surface area contributed by atoms with E-state index in [0.717, 1.165) is 11.0 Å². The second kappa shape index (κ2) is 9.23. The number of carboxylic acid groups (broad SMARTS) is 1. The lowest BCUT2D eigenvalue weighted by Crippen LogP contribution is -2.26. The highest BCUT2D eigenvalue weighted by Crippen LogP contribution is 2.36. The van der Waals surface area contributed by atoms with Gasteiger partial charge in [0, 0.05) is 12.8 Å². The predicted octanol–water partition coefficient (Wildman–Crippen LogP) is 5.80. The lowest BCUT2D eigenvalue weighted by Gasteiger charge is -2.25. The van der Waals surface area contributed by atoms with Crippen molar-refractivity contribution in [1.82, 2.24) is 19.9 Å². The second-order valence-corrected chi connectivity index (χ2v) is 8.69. The van der Waals surface area contributed by atoms with E-state index < -0.39 is 5.97 Å². The van der Waals surface area contributed by atoms with Crippen LogP contribution in [0, 0.1) is 0 Å². The van der Waals surface area contributed by atoms with Crippen LogP contribution in [0.4, 0.5) is 11.4 Å². The molecule has 0 saturated heterocycles. The van der Waals surface area contributed by atoms with E-state index in [1.165, 1.54) is 0 Å². The Morgan fingerprint density at radius 3 is 1.46 bits per heavy atom. The van der Waals surface area contributed by atoms with Gasteiger partial charge in [-0.1, -0.05) is 36.4 Å². The van der Waals surface area contributed by atoms with Crippen LogP contribution < -0.4 is 4.90 Å². The lowest BCUT2D eigenvalue weighted by molar-refractivity contribution is -0.137. The molecule has 0 radical (unpaired) electrons. The fourth-order valence-corrected chi connectivity index (χ4v) is 4.52. The number of fused-ring (bicyclic) bond motifs is 4. The van der Waals surface area contributed by atoms with E-state index >= 15 is 0 Å². The van der Waals surface area contributed by atoms with Gasteiger partial charge in [0.15, 0.2) is 0 Å². The first-order valence-corrected chi connectivity index (χ1v) is 11.9. The Morgan fingerprint density at radius 2 is 1.00 bits per heavy atom. The second-order valence-electron chi connectivity index (χ2n) is 8.69. The number of amides is 1. The molecule has 0 fully saturated rings. The Labute approximate surface area is 211 Å². The highest BCUT2D eigenvalue weighted by Gasteiger charge is 2.24. The Balaban J connectivity index is 1.59. The fraction of sp³-hybridized carbons (Fsp3) is 0.103. The van der Waals surface area contributed by atoms with Gasteiger partial charge in [0.05, 0.1) is 44.5 Å². The van der Waals surface area contributed by atoms with Crippen molar-refractivity contribution in [2.75, 3.05) is 4.90 Å². The quantitative estimate of drug-likeness (QED) is 0.296. The summed E-state index contributed by atoms with van der Waals surface area (Å²) in [6.45, 7) is 0. The molecule has 0 unspecified atom stereocenters. The molecule has 4 aromatic carbocycles. The van der Waals surface area contributed by atoms with Gasteiger partial charge in [-0.25, -0.2) is 19.9 Å². The van der Waals surface area contributed by atoms with Gasteiger partial charge in [0.2, 0.25) is 5.91 Å². The van der Waals surface area contributed by atoms with Gasteiger partial charge in [-0.3, -0.25) is 14.5 Å². The molecule has 0 bridgehead atoms. The molecule has 0 aliphatic heterocycles. The minimum absolute atomic E-state index is 0.0428. The standard InChI is InChI=1S/C29H21N5O3/c35-26(16-7-17-27(36)37)34(24-14-5-12-22-28(24)32-20-10-3-1-8-18(20)30-22)25-15-6-13-23-29(25)33-21-11-4-2-9-19(21)31-23/h1-6,8-15H,7,16-17H2,(H,36,37). The minimum atomic E-state index is -0.940. The van der Waals surface area contributed by atoms with Crippen molar-refractivity contribution in [3.8, 4) is 0 Å². The number of carbonyl (C=O) groups excluding carboxylic acids is 1. The summed E-state index contributed by atoms with van der Waals surface area (Å²) >= 11 is 0. The zero-order valence-electron chi connectivity index (χ0n) is 19.7. The smallest absolute Gasteiger partial charge is 0.303 e. The van der Waals surface area contributed by atoms with E-state index in [4.69, 9.17) is 25.0 Å². The van der Waals surface area contributed by atoms with E-state index in [1.54, 1.807) is 4.90 Å². The largest absolute Gasteiger partial charge is 0.481 e. The van der Waals surface area contributed by atoms with Gasteiger partial charge < -0.3 is 5.11 Å². The molecule has 0 aliphatic rings. The van der Waals surface area contributed by atoms with Crippen LogP contribution in [0.3, 0.4) is 0 Å². The maximum absolute atomic E-state index is 13.8. The molecule has 2 heterocycles. The highest BCUT2D eigenvalue weighted by atomic mass is 16.4. The summed E-state index contributed by atoms with van der Waals surface area (Å²) in [6.07, 6.45) is 0.157. The van der Waals surface area contributed by atoms with Crippen LogP contribution in [0.15, 0.2) is 84.9 Å². The number of nitrogens with zero attached hydrogens (tertiary/aromatic N) is 5. The van der Waals surface area contributed by atoms with Gasteiger partial charge in [0.1, 0.15) is 11.0 Å². The molecule has 0 spiro atoms. The van der Waals surface area contributed by atoms with E-state index in [1.807, 2.05) is 84.9 Å². The van der Waals surface area contributed by atoms with Crippen LogP contribution in [0.25, 0.3) is 44.1 Å². The van der Waals surface area contributed by atoms with Crippen molar-refractivity contribution in [2.45, 2.75) is 19.3 Å². The molecule has 8 heteroatoms. The summed E-state index contributed by atoms with van der Waals surface area (Å²) in [7, 11) is 0. The van der Waals surface area contributed by atoms with Crippen LogP contribution in [-0.4, -0.2) is 36.9 Å². The van der Waals surface area contributed by atoms with E-state index in [2.05, 4.69) is 0 Å². The summed E-state index contributed by atoms with van der Waals surface area (Å²) in [5, 5.41) is 9.12. The number of benzene rings is 4. The molecular weight excluding hydrogens is 466 g/mol. The first kappa shape index (κ1) is 22.5. The Bertz CT molecular complexity index is 1720. The normalized spacial score (nSPS) is 11.4. The number of hydrogen-bond donors (Lipinski definition) is 1. The summed E-state index contributed by atoms with van der Waals surface area (Å²) in [6, 6.07) is 26.2. The molecule has 0 aliphatic carbocycles. The minimum Gasteiger partial charge on any atom is -0.481 e. The van der Waals surface area contributed by atoms with Crippen LogP contribution in [0.5, 0.6) is 0 Å². The van der Waals surface area contributed by atoms with E-state index in [-0.39, 0.29) is 25.2 Å². The third-order valence-electron chi connectivity index (χ3n) is 6.21. The van der Waals surface area contributed by atoms with Crippen LogP contribution in [0.1, 0.15) is 19.3 Å². The van der Waals surface area contributed by atoms with Gasteiger partial charge >= 0.3 is 5.97 Å². The number of rotatable bonds is 6. The Morgan fingerprint density at radius 1 is 0.568 bits per heavy atom. The van der Waals surface area contributed by atoms with E-state index in [0.29, 0.717) is 44.5 Å². The Hall–Kier alpha value is -4.98. The number of aromatic nitrogens is 4. The maximum Gasteiger partial charge on any atom is 0.303 e. The molecule has 1 N–H and O–H groups in total. The van der Waals surface area contributed by atoms with Crippen molar-refractivity contribution >= 4 is 67.4 Å². The third kappa shape index (κ3) is 4.18. The monoisotopic (exact) mass is 487 g/mol. The van der Waals surface area contributed by atoms with Crippen LogP contribution in [-0.2, 0) is 9.59 Å². The first-order chi connectivity index (χ1) is 18.1. The zero-order chi connectivity index (χ0) is 25.4. The van der Waals surface area contributed by atoms with Crippen molar-refractivity contribution in [3.05, 3.63) is 84.9 Å². The maximum atomic E-state index is 13.8. The summed E-state index contributed by atoms with van der Waals surface area (Å²) in [5.74, 6) is -1.20. The number of hydrogen-bond acceptors (Lipinski definition) is 6. The summed E-state index contributed by atoms with van der Waals surface area (Å²) in [5.41, 5.74) is 6.48. The molecule has 37 heavy (non-hydrogen) atoms. The van der Waals surface area contributed by atoms with Crippen molar-refractivity contribution < 1.29 is 14.7 Å². The van der Waals surface area contributed by atoms with Crippen molar-refractivity contribution in [1.29, 1.82) is 0 Å². The number of para-hydroxylation sites is 6. The average molecular weight is 488 g/mol. The van der Waals surface area contributed by atoms with Crippen LogP contribution in [0.2, 0.25) is 0 Å². The topological polar surface area (TPSA) is 109 Å². The number of carbonyl (C=O) groups is 2. The fourth-order valence-electron chi connectivity index (χ4n) is 4.52. The van der Waals surface area contributed by atoms with Gasteiger partial charge in [-0.2, -0.15) is 0 Å².